The zero-order valence-electron chi connectivity index (χ0n) is 19.0. The zero-order valence-corrected chi connectivity index (χ0v) is 20.6. The number of halogens is 1. The van der Waals surface area contributed by atoms with E-state index >= 15 is 0 Å². The van der Waals surface area contributed by atoms with Gasteiger partial charge in [-0.15, -0.1) is 0 Å². The molecule has 0 saturated carbocycles. The van der Waals surface area contributed by atoms with E-state index in [2.05, 4.69) is 5.32 Å². The molecule has 3 rings (SSSR count). The van der Waals surface area contributed by atoms with E-state index in [-0.39, 0.29) is 35.9 Å². The molecule has 35 heavy (non-hydrogen) atoms. The minimum atomic E-state index is -3.86. The van der Waals surface area contributed by atoms with Gasteiger partial charge in [0.15, 0.2) is 0 Å². The maximum Gasteiger partial charge on any atom is 0.262 e. The molecule has 8 nitrogen and oxygen atoms in total. The SMILES string of the molecule is COCCNC(=O)C(C#N)=Cc1ccc(CN(Cc2ccc(Cl)cc2)S(=O)(=O)c2ccccc2)o1. The molecule has 1 N–H and O–H groups in total. The van der Waals surface area contributed by atoms with Crippen LogP contribution in [0.5, 0.6) is 0 Å². The van der Waals surface area contributed by atoms with Gasteiger partial charge >= 0.3 is 0 Å². The lowest BCUT2D eigenvalue weighted by atomic mass is 10.2. The van der Waals surface area contributed by atoms with E-state index in [1.165, 1.54) is 29.6 Å². The first kappa shape index (κ1) is 26.2. The second-order valence-electron chi connectivity index (χ2n) is 7.44. The van der Waals surface area contributed by atoms with Gasteiger partial charge in [0.05, 0.1) is 18.0 Å². The Balaban J connectivity index is 1.85. The number of nitrogens with zero attached hydrogens (tertiary/aromatic N) is 2. The van der Waals surface area contributed by atoms with Crippen molar-refractivity contribution in [1.82, 2.24) is 9.62 Å². The van der Waals surface area contributed by atoms with E-state index in [4.69, 9.17) is 20.8 Å². The lowest BCUT2D eigenvalue weighted by Crippen LogP contribution is -2.30. The number of carbonyl (C=O) groups is 1. The Morgan fingerprint density at radius 1 is 1.11 bits per heavy atom. The fourth-order valence-corrected chi connectivity index (χ4v) is 4.69. The van der Waals surface area contributed by atoms with E-state index < -0.39 is 15.9 Å². The molecule has 0 aliphatic heterocycles. The van der Waals surface area contributed by atoms with Gasteiger partial charge < -0.3 is 14.5 Å². The summed E-state index contributed by atoms with van der Waals surface area (Å²) in [5.74, 6) is 0.0438. The van der Waals surface area contributed by atoms with Crippen molar-refractivity contribution in [1.29, 1.82) is 5.26 Å². The molecule has 1 amide bonds. The monoisotopic (exact) mass is 513 g/mol. The smallest absolute Gasteiger partial charge is 0.262 e. The number of hydrogen-bond donors (Lipinski definition) is 1. The van der Waals surface area contributed by atoms with Crippen LogP contribution in [-0.4, -0.2) is 38.9 Å². The molecule has 0 unspecified atom stereocenters. The molecule has 0 fully saturated rings. The summed E-state index contributed by atoms with van der Waals surface area (Å²) in [5, 5.41) is 12.5. The highest BCUT2D eigenvalue weighted by molar-refractivity contribution is 7.89. The third-order valence-corrected chi connectivity index (χ3v) is 6.97. The molecule has 0 aliphatic rings. The first-order valence-corrected chi connectivity index (χ1v) is 12.4. The van der Waals surface area contributed by atoms with Crippen LogP contribution in [0, 0.1) is 11.3 Å². The Morgan fingerprint density at radius 2 is 1.83 bits per heavy atom. The number of furan rings is 1. The molecule has 1 aromatic heterocycles. The number of rotatable bonds is 11. The van der Waals surface area contributed by atoms with Crippen LogP contribution < -0.4 is 5.32 Å². The molecule has 0 aliphatic carbocycles. The van der Waals surface area contributed by atoms with Gasteiger partial charge in [-0.05, 0) is 42.0 Å². The van der Waals surface area contributed by atoms with E-state index in [1.54, 1.807) is 54.6 Å². The highest BCUT2D eigenvalue weighted by atomic mass is 35.5. The average molecular weight is 514 g/mol. The van der Waals surface area contributed by atoms with Gasteiger partial charge in [-0.2, -0.15) is 9.57 Å². The third-order valence-electron chi connectivity index (χ3n) is 4.91. The first-order chi connectivity index (χ1) is 16.8. The first-order valence-electron chi connectivity index (χ1n) is 10.6. The summed E-state index contributed by atoms with van der Waals surface area (Å²) in [5.41, 5.74) is 0.608. The van der Waals surface area contributed by atoms with Crippen LogP contribution >= 0.6 is 11.6 Å². The van der Waals surface area contributed by atoms with Crippen LogP contribution in [0.1, 0.15) is 17.1 Å². The average Bonchev–Trinajstić information content (AvgIpc) is 3.31. The number of sulfonamides is 1. The third kappa shape index (κ3) is 7.28. The summed E-state index contributed by atoms with van der Waals surface area (Å²) < 4.78 is 38.7. The van der Waals surface area contributed by atoms with Gasteiger partial charge in [-0.1, -0.05) is 41.9 Å². The summed E-state index contributed by atoms with van der Waals surface area (Å²) in [7, 11) is -2.35. The number of nitrogens with one attached hydrogen (secondary N) is 1. The minimum absolute atomic E-state index is 0.0599. The van der Waals surface area contributed by atoms with Crippen molar-refractivity contribution < 1.29 is 22.4 Å². The molecule has 0 spiro atoms. The van der Waals surface area contributed by atoms with Crippen molar-refractivity contribution in [3.05, 3.63) is 94.4 Å². The molecule has 182 valence electrons. The van der Waals surface area contributed by atoms with Crippen molar-refractivity contribution in [3.63, 3.8) is 0 Å². The van der Waals surface area contributed by atoms with E-state index in [9.17, 15) is 18.5 Å². The molecule has 2 aromatic carbocycles. The molecule has 0 radical (unpaired) electrons. The topological polar surface area (TPSA) is 113 Å². The fourth-order valence-electron chi connectivity index (χ4n) is 3.14. The summed E-state index contributed by atoms with van der Waals surface area (Å²) >= 11 is 5.97. The maximum atomic E-state index is 13.4. The van der Waals surface area contributed by atoms with E-state index in [0.29, 0.717) is 17.4 Å². The summed E-state index contributed by atoms with van der Waals surface area (Å²) in [4.78, 5) is 12.3. The van der Waals surface area contributed by atoms with Crippen molar-refractivity contribution >= 4 is 33.6 Å². The maximum absolute atomic E-state index is 13.4. The lowest BCUT2D eigenvalue weighted by Gasteiger charge is -2.21. The molecule has 10 heteroatoms. The molecule has 0 bridgehead atoms. The summed E-state index contributed by atoms with van der Waals surface area (Å²) in [6, 6.07) is 20.0. The van der Waals surface area contributed by atoms with Crippen LogP contribution in [-0.2, 0) is 32.6 Å². The number of hydrogen-bond acceptors (Lipinski definition) is 6. The van der Waals surface area contributed by atoms with Crippen molar-refractivity contribution in [2.75, 3.05) is 20.3 Å². The molecule has 0 atom stereocenters. The highest BCUT2D eigenvalue weighted by Gasteiger charge is 2.26. The largest absolute Gasteiger partial charge is 0.460 e. The van der Waals surface area contributed by atoms with Crippen LogP contribution in [0.25, 0.3) is 6.08 Å². The van der Waals surface area contributed by atoms with Crippen LogP contribution in [0.3, 0.4) is 0 Å². The fraction of sp³-hybridized carbons (Fsp3) is 0.200. The number of methoxy groups -OCH3 is 1. The highest BCUT2D eigenvalue weighted by Crippen LogP contribution is 2.23. The Bertz CT molecular complexity index is 1310. The number of nitriles is 1. The predicted molar refractivity (Wildman–Crippen MR) is 132 cm³/mol. The molecule has 3 aromatic rings. The van der Waals surface area contributed by atoms with Crippen LogP contribution in [0.4, 0.5) is 0 Å². The van der Waals surface area contributed by atoms with Gasteiger partial charge in [0, 0.05) is 31.3 Å². The van der Waals surface area contributed by atoms with Gasteiger partial charge in [0.25, 0.3) is 5.91 Å². The van der Waals surface area contributed by atoms with E-state index in [0.717, 1.165) is 5.56 Å². The van der Waals surface area contributed by atoms with Crippen molar-refractivity contribution in [2.24, 2.45) is 0 Å². The summed E-state index contributed by atoms with van der Waals surface area (Å²) in [6.45, 7) is 0.602. The standard InChI is InChI=1S/C25H24ClN3O5S/c1-33-14-13-28-25(30)20(16-27)15-22-11-12-23(34-22)18-29(17-19-7-9-21(26)10-8-19)35(31,32)24-5-3-2-4-6-24/h2-12,15H,13-14,17-18H2,1H3,(H,28,30). The Labute approximate surface area is 209 Å². The Hall–Kier alpha value is -3.42. The van der Waals surface area contributed by atoms with Crippen LogP contribution in [0.15, 0.2) is 81.6 Å². The van der Waals surface area contributed by atoms with Crippen molar-refractivity contribution in [2.45, 2.75) is 18.0 Å². The Morgan fingerprint density at radius 3 is 2.49 bits per heavy atom. The molecular formula is C25H24ClN3O5S. The summed E-state index contributed by atoms with van der Waals surface area (Å²) in [6.07, 6.45) is 1.31. The number of carbonyl (C=O) groups excluding carboxylic acids is 1. The second kappa shape index (κ2) is 12.3. The van der Waals surface area contributed by atoms with E-state index in [1.807, 2.05) is 6.07 Å². The van der Waals surface area contributed by atoms with Crippen LogP contribution in [0.2, 0.25) is 5.02 Å². The number of benzene rings is 2. The molecule has 1 heterocycles. The molecule has 0 saturated heterocycles. The number of ether oxygens (including phenoxy) is 1. The van der Waals surface area contributed by atoms with Gasteiger partial charge in [-0.3, -0.25) is 4.79 Å². The van der Waals surface area contributed by atoms with Crippen molar-refractivity contribution in [3.8, 4) is 6.07 Å². The van der Waals surface area contributed by atoms with Gasteiger partial charge in [-0.25, -0.2) is 8.42 Å². The normalized spacial score (nSPS) is 11.9. The van der Waals surface area contributed by atoms with Gasteiger partial charge in [0.2, 0.25) is 10.0 Å². The lowest BCUT2D eigenvalue weighted by molar-refractivity contribution is -0.117. The van der Waals surface area contributed by atoms with Gasteiger partial charge in [0.1, 0.15) is 23.2 Å². The quantitative estimate of drug-likeness (QED) is 0.235. The zero-order chi connectivity index (χ0) is 25.3. The minimum Gasteiger partial charge on any atom is -0.460 e. The Kier molecular flexibility index (Phi) is 9.23. The predicted octanol–water partition coefficient (Wildman–Crippen LogP) is 3.99. The molecular weight excluding hydrogens is 490 g/mol. The number of amides is 1. The second-order valence-corrected chi connectivity index (χ2v) is 9.81.